The van der Waals surface area contributed by atoms with Crippen LogP contribution in [0, 0.1) is 0 Å². The number of benzene rings is 1. The van der Waals surface area contributed by atoms with Crippen molar-refractivity contribution in [3.63, 3.8) is 0 Å². The smallest absolute Gasteiger partial charge is 0.344 e. The molecule has 0 aliphatic carbocycles. The zero-order valence-corrected chi connectivity index (χ0v) is 17.4. The molecule has 2 heterocycles. The zero-order chi connectivity index (χ0) is 21.0. The topological polar surface area (TPSA) is 91.0 Å². The SMILES string of the molecule is CCN(CC(=O)NN1C(=O)NC(C)(c2ccc(OC)cc2)C1=O)Cc1cccs1. The van der Waals surface area contributed by atoms with Gasteiger partial charge >= 0.3 is 6.03 Å². The molecule has 2 N–H and O–H groups in total. The summed E-state index contributed by atoms with van der Waals surface area (Å²) in [4.78, 5) is 40.9. The first-order valence-corrected chi connectivity index (χ1v) is 10.1. The molecule has 0 radical (unpaired) electrons. The summed E-state index contributed by atoms with van der Waals surface area (Å²) in [6, 6.07) is 10.1. The molecule has 8 nitrogen and oxygen atoms in total. The minimum absolute atomic E-state index is 0.0741. The monoisotopic (exact) mass is 416 g/mol. The summed E-state index contributed by atoms with van der Waals surface area (Å²) in [5, 5.41) is 5.40. The van der Waals surface area contributed by atoms with E-state index in [4.69, 9.17) is 4.74 Å². The average molecular weight is 417 g/mol. The summed E-state index contributed by atoms with van der Waals surface area (Å²) < 4.78 is 5.13. The van der Waals surface area contributed by atoms with Gasteiger partial charge in [-0.15, -0.1) is 11.3 Å². The van der Waals surface area contributed by atoms with Gasteiger partial charge in [-0.2, -0.15) is 5.01 Å². The number of likely N-dealkylation sites (N-methyl/N-ethyl adjacent to an activating group) is 1. The summed E-state index contributed by atoms with van der Waals surface area (Å²) in [5.41, 5.74) is 1.77. The first-order chi connectivity index (χ1) is 13.9. The number of amides is 4. The number of ether oxygens (including phenoxy) is 1. The Hall–Kier alpha value is -2.91. The fourth-order valence-corrected chi connectivity index (χ4v) is 3.87. The van der Waals surface area contributed by atoms with Gasteiger partial charge in [0.15, 0.2) is 0 Å². The highest BCUT2D eigenvalue weighted by molar-refractivity contribution is 7.09. The molecule has 9 heteroatoms. The average Bonchev–Trinajstić information content (AvgIpc) is 3.30. The number of hydrogen-bond donors (Lipinski definition) is 2. The third-order valence-electron chi connectivity index (χ3n) is 4.87. The van der Waals surface area contributed by atoms with Crippen LogP contribution in [0.25, 0.3) is 0 Å². The number of hydrogen-bond acceptors (Lipinski definition) is 6. The molecule has 1 atom stereocenters. The van der Waals surface area contributed by atoms with E-state index in [1.165, 1.54) is 0 Å². The fourth-order valence-electron chi connectivity index (χ4n) is 3.13. The molecule has 2 aromatic rings. The van der Waals surface area contributed by atoms with Crippen molar-refractivity contribution in [2.24, 2.45) is 0 Å². The summed E-state index contributed by atoms with van der Waals surface area (Å²) in [5.74, 6) is -0.321. The molecule has 1 aliphatic rings. The highest BCUT2D eigenvalue weighted by Gasteiger charge is 2.50. The summed E-state index contributed by atoms with van der Waals surface area (Å²) in [7, 11) is 1.55. The molecule has 0 spiro atoms. The first-order valence-electron chi connectivity index (χ1n) is 9.22. The van der Waals surface area contributed by atoms with Crippen LogP contribution < -0.4 is 15.5 Å². The van der Waals surface area contributed by atoms with E-state index in [9.17, 15) is 14.4 Å². The molecule has 0 bridgehead atoms. The second kappa shape index (κ2) is 8.62. The Balaban J connectivity index is 1.66. The number of nitrogens with zero attached hydrogens (tertiary/aromatic N) is 2. The molecular formula is C20H24N4O4S. The third-order valence-corrected chi connectivity index (χ3v) is 5.73. The number of methoxy groups -OCH3 is 1. The lowest BCUT2D eigenvalue weighted by Crippen LogP contribution is -2.50. The van der Waals surface area contributed by atoms with E-state index < -0.39 is 23.4 Å². The maximum Gasteiger partial charge on any atom is 0.344 e. The molecule has 1 saturated heterocycles. The van der Waals surface area contributed by atoms with Crippen LogP contribution in [0.4, 0.5) is 4.79 Å². The van der Waals surface area contributed by atoms with Crippen LogP contribution in [0.3, 0.4) is 0 Å². The van der Waals surface area contributed by atoms with Gasteiger partial charge in [-0.3, -0.25) is 19.9 Å². The second-order valence-corrected chi connectivity index (χ2v) is 7.87. The predicted octanol–water partition coefficient (Wildman–Crippen LogP) is 2.08. The van der Waals surface area contributed by atoms with Gasteiger partial charge in [-0.05, 0) is 42.6 Å². The Kier molecular flexibility index (Phi) is 6.19. The van der Waals surface area contributed by atoms with Crippen LogP contribution in [-0.2, 0) is 21.7 Å². The van der Waals surface area contributed by atoms with E-state index in [1.807, 2.05) is 29.3 Å². The van der Waals surface area contributed by atoms with Gasteiger partial charge in [0.1, 0.15) is 11.3 Å². The predicted molar refractivity (Wildman–Crippen MR) is 109 cm³/mol. The van der Waals surface area contributed by atoms with Crippen LogP contribution in [-0.4, -0.2) is 48.0 Å². The van der Waals surface area contributed by atoms with Crippen LogP contribution in [0.15, 0.2) is 41.8 Å². The molecule has 1 aromatic carbocycles. The maximum atomic E-state index is 12.9. The van der Waals surface area contributed by atoms with Crippen LogP contribution in [0.1, 0.15) is 24.3 Å². The van der Waals surface area contributed by atoms with E-state index in [-0.39, 0.29) is 6.54 Å². The van der Waals surface area contributed by atoms with E-state index >= 15 is 0 Å². The minimum atomic E-state index is -1.27. The number of imide groups is 1. The largest absolute Gasteiger partial charge is 0.497 e. The number of hydrazine groups is 1. The Bertz CT molecular complexity index is 884. The Morgan fingerprint density at radius 2 is 2.00 bits per heavy atom. The van der Waals surface area contributed by atoms with E-state index in [0.29, 0.717) is 24.4 Å². The molecule has 0 saturated carbocycles. The standard InChI is InChI=1S/C20H24N4O4S/c1-4-23(12-16-6-5-11-29-16)13-17(25)22-24-18(26)20(2,21-19(24)27)14-7-9-15(28-3)10-8-14/h5-11H,4,12-13H2,1-3H3,(H,21,27)(H,22,25). The van der Waals surface area contributed by atoms with Crippen LogP contribution >= 0.6 is 11.3 Å². The summed E-state index contributed by atoms with van der Waals surface area (Å²) in [6.45, 7) is 4.93. The number of nitrogens with one attached hydrogen (secondary N) is 2. The van der Waals surface area contributed by atoms with E-state index in [0.717, 1.165) is 9.89 Å². The van der Waals surface area contributed by atoms with Crippen molar-refractivity contribution < 1.29 is 19.1 Å². The lowest BCUT2D eigenvalue weighted by molar-refractivity contribution is -0.139. The van der Waals surface area contributed by atoms with Gasteiger partial charge in [0.25, 0.3) is 11.8 Å². The van der Waals surface area contributed by atoms with Gasteiger partial charge < -0.3 is 10.1 Å². The normalized spacial score (nSPS) is 18.8. The van der Waals surface area contributed by atoms with Crippen molar-refractivity contribution in [1.29, 1.82) is 0 Å². The molecular weight excluding hydrogens is 392 g/mol. The molecule has 1 aliphatic heterocycles. The van der Waals surface area contributed by atoms with Crippen molar-refractivity contribution in [2.75, 3.05) is 20.2 Å². The van der Waals surface area contributed by atoms with Crippen molar-refractivity contribution in [3.05, 3.63) is 52.2 Å². The quantitative estimate of drug-likeness (QED) is 0.643. The molecule has 3 rings (SSSR count). The molecule has 154 valence electrons. The first kappa shape index (κ1) is 20.8. The number of urea groups is 1. The van der Waals surface area contributed by atoms with Gasteiger partial charge in [0.2, 0.25) is 0 Å². The van der Waals surface area contributed by atoms with Crippen molar-refractivity contribution in [3.8, 4) is 5.75 Å². The highest BCUT2D eigenvalue weighted by atomic mass is 32.1. The highest BCUT2D eigenvalue weighted by Crippen LogP contribution is 2.29. The number of carbonyl (C=O) groups is 3. The minimum Gasteiger partial charge on any atom is -0.497 e. The van der Waals surface area contributed by atoms with Gasteiger partial charge in [0, 0.05) is 11.4 Å². The van der Waals surface area contributed by atoms with E-state index in [1.54, 1.807) is 49.6 Å². The Morgan fingerprint density at radius 3 is 2.59 bits per heavy atom. The summed E-state index contributed by atoms with van der Waals surface area (Å²) in [6.07, 6.45) is 0. The fraction of sp³-hybridized carbons (Fsp3) is 0.350. The molecule has 4 amide bonds. The lowest BCUT2D eigenvalue weighted by atomic mass is 9.92. The summed E-state index contributed by atoms with van der Waals surface area (Å²) >= 11 is 1.62. The van der Waals surface area contributed by atoms with Gasteiger partial charge in [-0.25, -0.2) is 4.79 Å². The van der Waals surface area contributed by atoms with Crippen molar-refractivity contribution >= 4 is 29.2 Å². The molecule has 29 heavy (non-hydrogen) atoms. The van der Waals surface area contributed by atoms with Crippen molar-refractivity contribution in [1.82, 2.24) is 20.7 Å². The second-order valence-electron chi connectivity index (χ2n) is 6.84. The number of thiophene rings is 1. The number of carbonyl (C=O) groups excluding carboxylic acids is 3. The number of rotatable bonds is 8. The zero-order valence-electron chi connectivity index (χ0n) is 16.6. The molecule has 1 fully saturated rings. The molecule has 1 aromatic heterocycles. The van der Waals surface area contributed by atoms with Gasteiger partial charge in [0.05, 0.1) is 13.7 Å². The van der Waals surface area contributed by atoms with Crippen LogP contribution in [0.5, 0.6) is 5.75 Å². The maximum absolute atomic E-state index is 12.9. The van der Waals surface area contributed by atoms with Crippen LogP contribution in [0.2, 0.25) is 0 Å². The Morgan fingerprint density at radius 1 is 1.28 bits per heavy atom. The Labute approximate surface area is 173 Å². The van der Waals surface area contributed by atoms with E-state index in [2.05, 4.69) is 10.7 Å². The molecule has 1 unspecified atom stereocenters. The third kappa shape index (κ3) is 4.41. The van der Waals surface area contributed by atoms with Crippen molar-refractivity contribution in [2.45, 2.75) is 25.9 Å². The van der Waals surface area contributed by atoms with Gasteiger partial charge in [-0.1, -0.05) is 25.1 Å². The lowest BCUT2D eigenvalue weighted by Gasteiger charge is -2.23.